The molecule has 2 aliphatic carbocycles. The zero-order chi connectivity index (χ0) is 38.8. The molecule has 3 heterocycles. The summed E-state index contributed by atoms with van der Waals surface area (Å²) >= 11 is 0. The molecule has 13 rings (SSSR count). The van der Waals surface area contributed by atoms with Gasteiger partial charge in [0.1, 0.15) is 5.82 Å². The summed E-state index contributed by atoms with van der Waals surface area (Å²) in [6, 6.07) is 72.3. The van der Waals surface area contributed by atoms with Gasteiger partial charge in [0.15, 0.2) is 0 Å². The Hall–Kier alpha value is -8.00. The van der Waals surface area contributed by atoms with Crippen LogP contribution >= 0.6 is 0 Å². The third-order valence-electron chi connectivity index (χ3n) is 13.0. The van der Waals surface area contributed by atoms with Crippen molar-refractivity contribution >= 4 is 43.6 Å². The molecular formula is C55H32N4. The highest BCUT2D eigenvalue weighted by Crippen LogP contribution is 2.63. The lowest BCUT2D eigenvalue weighted by molar-refractivity contribution is 0.793. The summed E-state index contributed by atoms with van der Waals surface area (Å²) in [6.07, 6.45) is 0. The summed E-state index contributed by atoms with van der Waals surface area (Å²) in [5.41, 5.74) is 17.2. The maximum Gasteiger partial charge on any atom is 0.140 e. The van der Waals surface area contributed by atoms with Crippen LogP contribution in [0, 0.1) is 11.3 Å². The Balaban J connectivity index is 1.13. The molecule has 0 unspecified atom stereocenters. The lowest BCUT2D eigenvalue weighted by Gasteiger charge is -2.30. The zero-order valence-electron chi connectivity index (χ0n) is 31.8. The number of hydrogen-bond donors (Lipinski definition) is 0. The molecule has 272 valence electrons. The Morgan fingerprint density at radius 3 is 1.42 bits per heavy atom. The molecule has 0 fully saturated rings. The summed E-state index contributed by atoms with van der Waals surface area (Å²) in [4.78, 5) is 5.63. The van der Waals surface area contributed by atoms with E-state index < -0.39 is 5.41 Å². The van der Waals surface area contributed by atoms with E-state index in [4.69, 9.17) is 4.98 Å². The van der Waals surface area contributed by atoms with Crippen LogP contribution < -0.4 is 0 Å². The predicted molar refractivity (Wildman–Crippen MR) is 239 cm³/mol. The zero-order valence-corrected chi connectivity index (χ0v) is 31.8. The molecule has 4 heteroatoms. The van der Waals surface area contributed by atoms with E-state index in [1.807, 2.05) is 6.07 Å². The van der Waals surface area contributed by atoms with E-state index in [1.165, 1.54) is 54.9 Å². The van der Waals surface area contributed by atoms with E-state index in [0.717, 1.165) is 56.0 Å². The summed E-state index contributed by atoms with van der Waals surface area (Å²) in [7, 11) is 0. The van der Waals surface area contributed by atoms with E-state index in [2.05, 4.69) is 203 Å². The first-order valence-corrected chi connectivity index (χ1v) is 20.1. The SMILES string of the molecule is N#Cc1ccc2c(c1)C1(c3ccccc3-c3ccccc31)c1cc(-c3cc(-n4c5ccccc5c5ccccc54)cc(-n4c5ccccc5c5ccccc54)n3)ccc1-2. The minimum atomic E-state index is -0.596. The second kappa shape index (κ2) is 11.8. The molecule has 0 saturated heterocycles. The van der Waals surface area contributed by atoms with Gasteiger partial charge in [0, 0.05) is 33.2 Å². The largest absolute Gasteiger partial charge is 0.309 e. The lowest BCUT2D eigenvalue weighted by atomic mass is 9.70. The Morgan fingerprint density at radius 2 is 0.864 bits per heavy atom. The third kappa shape index (κ3) is 4.18. The van der Waals surface area contributed by atoms with Gasteiger partial charge in [-0.1, -0.05) is 140 Å². The average molecular weight is 749 g/mol. The van der Waals surface area contributed by atoms with Gasteiger partial charge in [-0.25, -0.2) is 4.98 Å². The van der Waals surface area contributed by atoms with Crippen molar-refractivity contribution in [2.75, 3.05) is 0 Å². The van der Waals surface area contributed by atoms with Gasteiger partial charge in [-0.15, -0.1) is 0 Å². The van der Waals surface area contributed by atoms with E-state index >= 15 is 0 Å². The number of fused-ring (bicyclic) bond motifs is 16. The summed E-state index contributed by atoms with van der Waals surface area (Å²) in [6.45, 7) is 0. The first-order valence-electron chi connectivity index (χ1n) is 20.1. The molecule has 0 amide bonds. The van der Waals surface area contributed by atoms with Crippen LogP contribution in [0.3, 0.4) is 0 Å². The maximum atomic E-state index is 10.2. The quantitative estimate of drug-likeness (QED) is 0.181. The van der Waals surface area contributed by atoms with Crippen molar-refractivity contribution in [3.8, 4) is 51.1 Å². The number of benzene rings is 8. The molecular weight excluding hydrogens is 717 g/mol. The third-order valence-corrected chi connectivity index (χ3v) is 13.0. The van der Waals surface area contributed by atoms with Gasteiger partial charge in [-0.05, 0) is 93.0 Å². The molecule has 0 atom stereocenters. The number of nitriles is 1. The molecule has 0 bridgehead atoms. The minimum absolute atomic E-state index is 0.596. The van der Waals surface area contributed by atoms with E-state index in [1.54, 1.807) is 0 Å². The minimum Gasteiger partial charge on any atom is -0.309 e. The van der Waals surface area contributed by atoms with Crippen LogP contribution in [0.25, 0.3) is 88.6 Å². The Bertz CT molecular complexity index is 3360. The fourth-order valence-electron chi connectivity index (χ4n) is 10.6. The first-order chi connectivity index (χ1) is 29.2. The van der Waals surface area contributed by atoms with Gasteiger partial charge in [0.05, 0.1) is 50.5 Å². The Labute approximate surface area is 340 Å². The predicted octanol–water partition coefficient (Wildman–Crippen LogP) is 13.2. The fourth-order valence-corrected chi connectivity index (χ4v) is 10.6. The molecule has 11 aromatic rings. The van der Waals surface area contributed by atoms with Crippen LogP contribution in [0.15, 0.2) is 194 Å². The summed E-state index contributed by atoms with van der Waals surface area (Å²) in [5, 5.41) is 15.0. The number of pyridine rings is 1. The van der Waals surface area contributed by atoms with Crippen molar-refractivity contribution in [1.29, 1.82) is 5.26 Å². The van der Waals surface area contributed by atoms with Crippen molar-refractivity contribution in [2.24, 2.45) is 0 Å². The molecule has 8 aromatic carbocycles. The lowest BCUT2D eigenvalue weighted by Crippen LogP contribution is -2.26. The molecule has 59 heavy (non-hydrogen) atoms. The molecule has 2 aliphatic rings. The highest BCUT2D eigenvalue weighted by molar-refractivity contribution is 6.10. The van der Waals surface area contributed by atoms with Crippen molar-refractivity contribution < 1.29 is 0 Å². The van der Waals surface area contributed by atoms with E-state index in [-0.39, 0.29) is 0 Å². The van der Waals surface area contributed by atoms with Gasteiger partial charge < -0.3 is 4.57 Å². The van der Waals surface area contributed by atoms with Crippen LogP contribution in [-0.2, 0) is 5.41 Å². The van der Waals surface area contributed by atoms with E-state index in [0.29, 0.717) is 5.56 Å². The smallest absolute Gasteiger partial charge is 0.140 e. The maximum absolute atomic E-state index is 10.2. The van der Waals surface area contributed by atoms with E-state index in [9.17, 15) is 5.26 Å². The average Bonchev–Trinajstić information content (AvgIpc) is 4.01. The highest BCUT2D eigenvalue weighted by atomic mass is 15.1. The van der Waals surface area contributed by atoms with Gasteiger partial charge in [-0.2, -0.15) is 5.26 Å². The van der Waals surface area contributed by atoms with Gasteiger partial charge in [0.2, 0.25) is 0 Å². The summed E-state index contributed by atoms with van der Waals surface area (Å²) < 4.78 is 4.72. The number of rotatable bonds is 3. The van der Waals surface area contributed by atoms with Crippen molar-refractivity contribution in [3.63, 3.8) is 0 Å². The van der Waals surface area contributed by atoms with Crippen molar-refractivity contribution in [1.82, 2.24) is 14.1 Å². The van der Waals surface area contributed by atoms with Gasteiger partial charge in [-0.3, -0.25) is 4.57 Å². The van der Waals surface area contributed by atoms with Crippen molar-refractivity contribution in [2.45, 2.75) is 5.41 Å². The van der Waals surface area contributed by atoms with Gasteiger partial charge in [0.25, 0.3) is 0 Å². The van der Waals surface area contributed by atoms with Crippen LogP contribution in [0.1, 0.15) is 27.8 Å². The molecule has 0 radical (unpaired) electrons. The molecule has 0 N–H and O–H groups in total. The monoisotopic (exact) mass is 748 g/mol. The Morgan fingerprint density at radius 1 is 0.407 bits per heavy atom. The topological polar surface area (TPSA) is 46.5 Å². The second-order valence-electron chi connectivity index (χ2n) is 15.8. The fraction of sp³-hybridized carbons (Fsp3) is 0.0182. The van der Waals surface area contributed by atoms with Crippen LogP contribution in [0.4, 0.5) is 0 Å². The molecule has 0 saturated carbocycles. The number of nitrogens with zero attached hydrogens (tertiary/aromatic N) is 4. The normalized spacial score (nSPS) is 13.2. The van der Waals surface area contributed by atoms with Crippen LogP contribution in [0.2, 0.25) is 0 Å². The Kier molecular flexibility index (Phi) is 6.41. The highest BCUT2D eigenvalue weighted by Gasteiger charge is 2.51. The first kappa shape index (κ1) is 32.1. The number of para-hydroxylation sites is 4. The molecule has 3 aromatic heterocycles. The van der Waals surface area contributed by atoms with Crippen LogP contribution in [0.5, 0.6) is 0 Å². The molecule has 1 spiro atoms. The molecule has 0 aliphatic heterocycles. The second-order valence-corrected chi connectivity index (χ2v) is 15.8. The molecule has 4 nitrogen and oxygen atoms in total. The van der Waals surface area contributed by atoms with Gasteiger partial charge >= 0.3 is 0 Å². The number of hydrogen-bond acceptors (Lipinski definition) is 2. The standard InChI is InChI=1S/C55H32N4/c56-33-34-25-27-39-40-28-26-35(30-48(40)55(47(39)29-34)45-19-7-1-13-37(45)38-14-2-8-20-46(38)55)49-31-36(58-50-21-9-3-15-41(50)42-16-4-10-22-51(42)58)32-54(57-49)59-52-23-11-5-17-43(52)44-18-6-12-24-53(44)59/h1-32H. The summed E-state index contributed by atoms with van der Waals surface area (Å²) in [5.74, 6) is 0.852. The van der Waals surface area contributed by atoms with Crippen LogP contribution in [-0.4, -0.2) is 14.1 Å². The van der Waals surface area contributed by atoms with Crippen molar-refractivity contribution in [3.05, 3.63) is 222 Å². The number of aromatic nitrogens is 3.